The second-order valence-corrected chi connectivity index (χ2v) is 4.33. The molecule has 2 heterocycles. The summed E-state index contributed by atoms with van der Waals surface area (Å²) in [6.45, 7) is 2.29. The van der Waals surface area contributed by atoms with Gasteiger partial charge in [0.05, 0.1) is 11.8 Å². The van der Waals surface area contributed by atoms with Crippen LogP contribution in [0.4, 0.5) is 11.6 Å². The largest absolute Gasteiger partial charge is 0.367 e. The van der Waals surface area contributed by atoms with Crippen molar-refractivity contribution in [2.75, 3.05) is 17.2 Å². The molecule has 0 fully saturated rings. The molecule has 0 saturated carbocycles. The standard InChI is InChI=1S/C13H13N3O2/c1-8(17)16-6-5-10-9(3-2-4-12(10)16)11-7-15-18-13(11)14/h2-4,7H,5-6,14H2,1H3. The maximum Gasteiger partial charge on any atom is 0.229 e. The second kappa shape index (κ2) is 3.87. The molecule has 1 amide bonds. The molecule has 0 radical (unpaired) electrons. The Labute approximate surface area is 104 Å². The Balaban J connectivity index is 2.15. The van der Waals surface area contributed by atoms with Crippen LogP contribution in [-0.2, 0) is 11.2 Å². The van der Waals surface area contributed by atoms with E-state index < -0.39 is 0 Å². The van der Waals surface area contributed by atoms with Gasteiger partial charge in [-0.25, -0.2) is 0 Å². The Bertz CT molecular complexity index is 618. The number of nitrogen functional groups attached to an aromatic ring is 1. The zero-order valence-electron chi connectivity index (χ0n) is 10.0. The summed E-state index contributed by atoms with van der Waals surface area (Å²) in [4.78, 5) is 13.3. The Hall–Kier alpha value is -2.30. The van der Waals surface area contributed by atoms with Crippen molar-refractivity contribution in [2.24, 2.45) is 0 Å². The molecule has 2 aromatic rings. The molecule has 0 atom stereocenters. The van der Waals surface area contributed by atoms with Crippen LogP contribution in [0.5, 0.6) is 0 Å². The molecule has 3 rings (SSSR count). The van der Waals surface area contributed by atoms with Crippen LogP contribution >= 0.6 is 0 Å². The van der Waals surface area contributed by atoms with Crippen LogP contribution < -0.4 is 10.6 Å². The van der Waals surface area contributed by atoms with Gasteiger partial charge in [0.2, 0.25) is 11.8 Å². The number of hydrogen-bond donors (Lipinski definition) is 1. The van der Waals surface area contributed by atoms with Crippen molar-refractivity contribution in [1.82, 2.24) is 5.16 Å². The molecule has 18 heavy (non-hydrogen) atoms. The van der Waals surface area contributed by atoms with Crippen molar-refractivity contribution in [3.63, 3.8) is 0 Å². The van der Waals surface area contributed by atoms with Crippen LogP contribution in [0.2, 0.25) is 0 Å². The summed E-state index contributed by atoms with van der Waals surface area (Å²) >= 11 is 0. The molecule has 0 spiro atoms. The zero-order chi connectivity index (χ0) is 12.7. The number of hydrogen-bond acceptors (Lipinski definition) is 4. The van der Waals surface area contributed by atoms with E-state index in [-0.39, 0.29) is 5.91 Å². The lowest BCUT2D eigenvalue weighted by Gasteiger charge is -2.15. The number of anilines is 2. The molecule has 1 aliphatic rings. The number of benzene rings is 1. The lowest BCUT2D eigenvalue weighted by molar-refractivity contribution is -0.116. The van der Waals surface area contributed by atoms with E-state index in [2.05, 4.69) is 5.16 Å². The van der Waals surface area contributed by atoms with E-state index in [9.17, 15) is 4.79 Å². The average molecular weight is 243 g/mol. The molecule has 0 bridgehead atoms. The fraction of sp³-hybridized carbons (Fsp3) is 0.231. The van der Waals surface area contributed by atoms with Crippen molar-refractivity contribution in [3.8, 4) is 11.1 Å². The van der Waals surface area contributed by atoms with E-state index in [4.69, 9.17) is 10.3 Å². The van der Waals surface area contributed by atoms with Gasteiger partial charge < -0.3 is 15.2 Å². The first-order chi connectivity index (χ1) is 8.68. The van der Waals surface area contributed by atoms with Crippen molar-refractivity contribution in [3.05, 3.63) is 30.0 Å². The molecule has 92 valence electrons. The minimum absolute atomic E-state index is 0.0594. The quantitative estimate of drug-likeness (QED) is 0.829. The summed E-state index contributed by atoms with van der Waals surface area (Å²) < 4.78 is 4.90. The van der Waals surface area contributed by atoms with Gasteiger partial charge in [-0.15, -0.1) is 0 Å². The van der Waals surface area contributed by atoms with Gasteiger partial charge in [-0.2, -0.15) is 0 Å². The van der Waals surface area contributed by atoms with Crippen molar-refractivity contribution < 1.29 is 9.32 Å². The van der Waals surface area contributed by atoms with Gasteiger partial charge in [0, 0.05) is 19.2 Å². The normalized spacial score (nSPS) is 13.7. The number of rotatable bonds is 1. The maximum atomic E-state index is 11.5. The Morgan fingerprint density at radius 2 is 2.28 bits per heavy atom. The van der Waals surface area contributed by atoms with Crippen LogP contribution in [0.1, 0.15) is 12.5 Å². The third-order valence-electron chi connectivity index (χ3n) is 3.30. The van der Waals surface area contributed by atoms with E-state index in [1.165, 1.54) is 0 Å². The topological polar surface area (TPSA) is 72.4 Å². The van der Waals surface area contributed by atoms with E-state index in [1.54, 1.807) is 18.0 Å². The van der Waals surface area contributed by atoms with Gasteiger partial charge in [0.25, 0.3) is 0 Å². The van der Waals surface area contributed by atoms with Gasteiger partial charge in [0.15, 0.2) is 0 Å². The number of amides is 1. The summed E-state index contributed by atoms with van der Waals surface area (Å²) in [5.41, 5.74) is 9.62. The third-order valence-corrected chi connectivity index (χ3v) is 3.30. The summed E-state index contributed by atoms with van der Waals surface area (Å²) in [6, 6.07) is 5.85. The lowest BCUT2D eigenvalue weighted by Crippen LogP contribution is -2.25. The number of carbonyl (C=O) groups excluding carboxylic acids is 1. The predicted octanol–water partition coefficient (Wildman–Crippen LogP) is 1.83. The molecular weight excluding hydrogens is 230 g/mol. The van der Waals surface area contributed by atoms with Gasteiger partial charge in [-0.05, 0) is 23.6 Å². The molecular formula is C13H13N3O2. The minimum Gasteiger partial charge on any atom is -0.367 e. The van der Waals surface area contributed by atoms with Gasteiger partial charge >= 0.3 is 0 Å². The highest BCUT2D eigenvalue weighted by Crippen LogP contribution is 2.37. The Morgan fingerprint density at radius 1 is 1.44 bits per heavy atom. The second-order valence-electron chi connectivity index (χ2n) is 4.33. The lowest BCUT2D eigenvalue weighted by atomic mass is 10.00. The monoisotopic (exact) mass is 243 g/mol. The molecule has 1 aromatic carbocycles. The van der Waals surface area contributed by atoms with Crippen LogP contribution in [0, 0.1) is 0 Å². The van der Waals surface area contributed by atoms with Crippen molar-refractivity contribution in [1.29, 1.82) is 0 Å². The fourth-order valence-corrected chi connectivity index (χ4v) is 2.46. The summed E-state index contributed by atoms with van der Waals surface area (Å²) in [6.07, 6.45) is 2.44. The van der Waals surface area contributed by atoms with E-state index in [0.29, 0.717) is 12.4 Å². The number of nitrogens with two attached hydrogens (primary N) is 1. The Morgan fingerprint density at radius 3 is 2.94 bits per heavy atom. The molecule has 2 N–H and O–H groups in total. The zero-order valence-corrected chi connectivity index (χ0v) is 10.0. The van der Waals surface area contributed by atoms with Crippen LogP contribution in [0.25, 0.3) is 11.1 Å². The minimum atomic E-state index is 0.0594. The third kappa shape index (κ3) is 1.48. The molecule has 0 unspecified atom stereocenters. The maximum absolute atomic E-state index is 11.5. The first kappa shape index (κ1) is 10.8. The first-order valence-electron chi connectivity index (χ1n) is 5.79. The molecule has 1 aliphatic heterocycles. The fourth-order valence-electron chi connectivity index (χ4n) is 2.46. The van der Waals surface area contributed by atoms with Crippen LogP contribution in [-0.4, -0.2) is 17.6 Å². The average Bonchev–Trinajstić information content (AvgIpc) is 2.94. The van der Waals surface area contributed by atoms with Crippen LogP contribution in [0.15, 0.2) is 28.9 Å². The Kier molecular flexibility index (Phi) is 2.33. The highest BCUT2D eigenvalue weighted by molar-refractivity contribution is 5.96. The molecule has 5 nitrogen and oxygen atoms in total. The van der Waals surface area contributed by atoms with E-state index in [0.717, 1.165) is 28.8 Å². The van der Waals surface area contributed by atoms with Crippen molar-refractivity contribution >= 4 is 17.5 Å². The van der Waals surface area contributed by atoms with Gasteiger partial charge in [-0.1, -0.05) is 17.3 Å². The number of nitrogens with zero attached hydrogens (tertiary/aromatic N) is 2. The first-order valence-corrected chi connectivity index (χ1v) is 5.79. The predicted molar refractivity (Wildman–Crippen MR) is 68.1 cm³/mol. The SMILES string of the molecule is CC(=O)N1CCc2c(-c3cnoc3N)cccc21. The number of aromatic nitrogens is 1. The number of carbonyl (C=O) groups is 1. The van der Waals surface area contributed by atoms with Gasteiger partial charge in [-0.3, -0.25) is 4.79 Å². The molecule has 1 aromatic heterocycles. The molecule has 0 aliphatic carbocycles. The summed E-state index contributed by atoms with van der Waals surface area (Å²) in [5.74, 6) is 0.369. The highest BCUT2D eigenvalue weighted by atomic mass is 16.5. The van der Waals surface area contributed by atoms with Gasteiger partial charge in [0.1, 0.15) is 0 Å². The van der Waals surface area contributed by atoms with Crippen molar-refractivity contribution in [2.45, 2.75) is 13.3 Å². The summed E-state index contributed by atoms with van der Waals surface area (Å²) in [7, 11) is 0. The highest BCUT2D eigenvalue weighted by Gasteiger charge is 2.25. The molecule has 5 heteroatoms. The van der Waals surface area contributed by atoms with E-state index in [1.807, 2.05) is 18.2 Å². The summed E-state index contributed by atoms with van der Waals surface area (Å²) in [5, 5.41) is 3.70. The van der Waals surface area contributed by atoms with Crippen LogP contribution in [0.3, 0.4) is 0 Å². The molecule has 0 saturated heterocycles. The smallest absolute Gasteiger partial charge is 0.229 e. The number of fused-ring (bicyclic) bond motifs is 1. The van der Waals surface area contributed by atoms with E-state index >= 15 is 0 Å².